The van der Waals surface area contributed by atoms with Crippen LogP contribution in [0, 0.1) is 0 Å². The molecule has 0 saturated heterocycles. The maximum absolute atomic E-state index is 11.6. The summed E-state index contributed by atoms with van der Waals surface area (Å²) in [7, 11) is -3.10. The molecule has 0 bridgehead atoms. The largest absolute Gasteiger partial charge is 0.348 e. The van der Waals surface area contributed by atoms with Crippen molar-refractivity contribution in [1.29, 1.82) is 0 Å². The highest BCUT2D eigenvalue weighted by molar-refractivity contribution is 7.90. The molecule has 7 heteroatoms. The Bertz CT molecular complexity index is 535. The van der Waals surface area contributed by atoms with Gasteiger partial charge in [0.05, 0.1) is 22.5 Å². The van der Waals surface area contributed by atoms with E-state index < -0.39 is 9.84 Å². The molecule has 0 unspecified atom stereocenters. The van der Waals surface area contributed by atoms with Crippen LogP contribution in [-0.2, 0) is 14.6 Å². The molecule has 0 radical (unpaired) electrons. The number of thiazole rings is 1. The summed E-state index contributed by atoms with van der Waals surface area (Å²) in [4.78, 5) is 16.1. The van der Waals surface area contributed by atoms with Gasteiger partial charge in [-0.25, -0.2) is 13.4 Å². The van der Waals surface area contributed by atoms with Crippen molar-refractivity contribution in [3.63, 3.8) is 0 Å². The van der Waals surface area contributed by atoms with Crippen LogP contribution >= 0.6 is 11.3 Å². The van der Waals surface area contributed by atoms with Crippen LogP contribution in [0.15, 0.2) is 5.38 Å². The summed E-state index contributed by atoms with van der Waals surface area (Å²) in [5.41, 5.74) is 0.821. The van der Waals surface area contributed by atoms with Gasteiger partial charge in [-0.1, -0.05) is 13.8 Å². The van der Waals surface area contributed by atoms with Gasteiger partial charge in [0.1, 0.15) is 9.84 Å². The molecule has 1 atom stereocenters. The Hall–Kier alpha value is -0.950. The Morgan fingerprint density at radius 3 is 2.53 bits per heavy atom. The monoisotopic (exact) mass is 304 g/mol. The molecule has 1 heterocycles. The minimum Gasteiger partial charge on any atom is -0.348 e. The Kier molecular flexibility index (Phi) is 5.49. The number of hydrogen-bond acceptors (Lipinski definition) is 5. The van der Waals surface area contributed by atoms with Crippen LogP contribution in [0.4, 0.5) is 0 Å². The zero-order valence-electron chi connectivity index (χ0n) is 11.6. The van der Waals surface area contributed by atoms with Gasteiger partial charge >= 0.3 is 0 Å². The highest BCUT2D eigenvalue weighted by Crippen LogP contribution is 2.22. The molecule has 0 aromatic carbocycles. The molecule has 1 N–H and O–H groups in total. The van der Waals surface area contributed by atoms with Crippen LogP contribution in [0.3, 0.4) is 0 Å². The lowest BCUT2D eigenvalue weighted by atomic mass is 10.2. The summed E-state index contributed by atoms with van der Waals surface area (Å²) in [6.07, 6.45) is 1.11. The third kappa shape index (κ3) is 5.69. The van der Waals surface area contributed by atoms with Gasteiger partial charge < -0.3 is 5.32 Å². The van der Waals surface area contributed by atoms with Gasteiger partial charge in [-0.3, -0.25) is 4.79 Å². The zero-order chi connectivity index (χ0) is 14.6. The molecule has 1 aromatic heterocycles. The summed E-state index contributed by atoms with van der Waals surface area (Å²) < 4.78 is 22.0. The molecule has 1 rings (SSSR count). The summed E-state index contributed by atoms with van der Waals surface area (Å²) >= 11 is 1.57. The van der Waals surface area contributed by atoms with Crippen LogP contribution in [0.2, 0.25) is 0 Å². The smallest absolute Gasteiger partial charge is 0.221 e. The molecular weight excluding hydrogens is 284 g/mol. The first-order chi connectivity index (χ1) is 8.69. The van der Waals surface area contributed by atoms with Gasteiger partial charge in [-0.2, -0.15) is 0 Å². The van der Waals surface area contributed by atoms with E-state index in [0.717, 1.165) is 17.0 Å². The number of sulfone groups is 1. The maximum atomic E-state index is 11.6. The number of hydrogen-bond donors (Lipinski definition) is 1. The molecule has 0 aliphatic rings. The second-order valence-electron chi connectivity index (χ2n) is 4.93. The number of carbonyl (C=O) groups is 1. The van der Waals surface area contributed by atoms with Crippen LogP contribution in [0.5, 0.6) is 0 Å². The molecule has 0 spiro atoms. The number of carbonyl (C=O) groups excluding carboxylic acids is 1. The predicted octanol–water partition coefficient (Wildman–Crippen LogP) is 1.88. The Morgan fingerprint density at radius 2 is 2.05 bits per heavy atom. The van der Waals surface area contributed by atoms with Gasteiger partial charge in [0.2, 0.25) is 5.91 Å². The normalized spacial score (nSPS) is 13.5. The molecule has 5 nitrogen and oxygen atoms in total. The lowest BCUT2D eigenvalue weighted by Gasteiger charge is -2.11. The van der Waals surface area contributed by atoms with E-state index in [0.29, 0.717) is 5.92 Å². The van der Waals surface area contributed by atoms with E-state index in [-0.39, 0.29) is 24.1 Å². The van der Waals surface area contributed by atoms with Crippen molar-refractivity contribution in [2.45, 2.75) is 39.2 Å². The molecule has 0 fully saturated rings. The number of rotatable bonds is 6. The van der Waals surface area contributed by atoms with Gasteiger partial charge in [0, 0.05) is 24.0 Å². The number of nitrogens with zero attached hydrogens (tertiary/aromatic N) is 1. The molecule has 1 amide bonds. The van der Waals surface area contributed by atoms with E-state index in [2.05, 4.69) is 24.1 Å². The molecule has 108 valence electrons. The van der Waals surface area contributed by atoms with Gasteiger partial charge in [0.25, 0.3) is 0 Å². The first kappa shape index (κ1) is 16.1. The van der Waals surface area contributed by atoms with Crippen molar-refractivity contribution in [3.8, 4) is 0 Å². The lowest BCUT2D eigenvalue weighted by molar-refractivity contribution is -0.121. The first-order valence-corrected chi connectivity index (χ1v) is 9.05. The second-order valence-corrected chi connectivity index (χ2v) is 8.08. The molecule has 19 heavy (non-hydrogen) atoms. The average molecular weight is 304 g/mol. The Balaban J connectivity index is 2.54. The van der Waals surface area contributed by atoms with Crippen molar-refractivity contribution in [2.24, 2.45) is 0 Å². The van der Waals surface area contributed by atoms with E-state index in [1.165, 1.54) is 0 Å². The fraction of sp³-hybridized carbons (Fsp3) is 0.667. The van der Waals surface area contributed by atoms with Crippen LogP contribution in [-0.4, -0.2) is 31.3 Å². The minimum absolute atomic E-state index is 0.00958. The molecular formula is C12H20N2O3S2. The van der Waals surface area contributed by atoms with Crippen molar-refractivity contribution >= 4 is 27.1 Å². The summed E-state index contributed by atoms with van der Waals surface area (Å²) in [6.45, 7) is 5.98. The predicted molar refractivity (Wildman–Crippen MR) is 77.1 cm³/mol. The minimum atomic E-state index is -3.10. The van der Waals surface area contributed by atoms with E-state index in [1.807, 2.05) is 12.3 Å². The molecule has 1 aromatic rings. The summed E-state index contributed by atoms with van der Waals surface area (Å²) in [6, 6.07) is -0.198. The standard InChI is InChI=1S/C12H20N2O3S2/c1-8(2)12-14-10(7-18-12)9(3)13-11(15)5-6-19(4,16)17/h7-9H,5-6H2,1-4H3,(H,13,15)/t9-/m0/s1. The van der Waals surface area contributed by atoms with Crippen molar-refractivity contribution in [2.75, 3.05) is 12.0 Å². The quantitative estimate of drug-likeness (QED) is 0.870. The van der Waals surface area contributed by atoms with Crippen LogP contribution in [0.25, 0.3) is 0 Å². The number of nitrogens with one attached hydrogen (secondary N) is 1. The highest BCUT2D eigenvalue weighted by atomic mass is 32.2. The highest BCUT2D eigenvalue weighted by Gasteiger charge is 2.15. The van der Waals surface area contributed by atoms with Crippen molar-refractivity contribution in [3.05, 3.63) is 16.1 Å². The van der Waals surface area contributed by atoms with Gasteiger partial charge in [-0.05, 0) is 6.92 Å². The zero-order valence-corrected chi connectivity index (χ0v) is 13.3. The summed E-state index contributed by atoms with van der Waals surface area (Å²) in [5, 5.41) is 5.72. The second kappa shape index (κ2) is 6.47. The van der Waals surface area contributed by atoms with Gasteiger partial charge in [-0.15, -0.1) is 11.3 Å². The Labute approximate surface area is 118 Å². The molecule has 0 saturated carbocycles. The fourth-order valence-electron chi connectivity index (χ4n) is 1.43. The molecule has 0 aliphatic heterocycles. The lowest BCUT2D eigenvalue weighted by Crippen LogP contribution is -2.28. The summed E-state index contributed by atoms with van der Waals surface area (Å²) in [5.74, 6) is -0.0243. The first-order valence-electron chi connectivity index (χ1n) is 6.11. The topological polar surface area (TPSA) is 76.1 Å². The number of amides is 1. The third-order valence-corrected chi connectivity index (χ3v) is 4.66. The maximum Gasteiger partial charge on any atom is 0.221 e. The average Bonchev–Trinajstić information content (AvgIpc) is 2.74. The number of aromatic nitrogens is 1. The van der Waals surface area contributed by atoms with E-state index in [1.54, 1.807) is 11.3 Å². The van der Waals surface area contributed by atoms with Crippen molar-refractivity contribution in [1.82, 2.24) is 10.3 Å². The molecule has 0 aliphatic carbocycles. The van der Waals surface area contributed by atoms with Crippen LogP contribution < -0.4 is 5.32 Å². The van der Waals surface area contributed by atoms with E-state index in [4.69, 9.17) is 0 Å². The van der Waals surface area contributed by atoms with Crippen LogP contribution in [0.1, 0.15) is 49.9 Å². The van der Waals surface area contributed by atoms with E-state index in [9.17, 15) is 13.2 Å². The van der Waals surface area contributed by atoms with Crippen molar-refractivity contribution < 1.29 is 13.2 Å². The Morgan fingerprint density at radius 1 is 1.42 bits per heavy atom. The SMILES string of the molecule is CC(C)c1nc([C@H](C)NC(=O)CCS(C)(=O)=O)cs1. The van der Waals surface area contributed by atoms with Gasteiger partial charge in [0.15, 0.2) is 0 Å². The van der Waals surface area contributed by atoms with E-state index >= 15 is 0 Å². The third-order valence-electron chi connectivity index (χ3n) is 2.55. The fourth-order valence-corrected chi connectivity index (χ4v) is 2.92.